The lowest BCUT2D eigenvalue weighted by molar-refractivity contribution is 1.08. The second-order valence-electron chi connectivity index (χ2n) is 7.44. The van der Waals surface area contributed by atoms with Crippen molar-refractivity contribution >= 4 is 66.9 Å². The lowest BCUT2D eigenvalue weighted by Gasteiger charge is -2.12. The molecule has 0 atom stereocenters. The summed E-state index contributed by atoms with van der Waals surface area (Å²) in [5, 5.41) is 18.9. The van der Waals surface area contributed by atoms with Gasteiger partial charge < -0.3 is 5.32 Å². The van der Waals surface area contributed by atoms with Crippen molar-refractivity contribution in [2.75, 3.05) is 5.32 Å². The first-order valence-electron chi connectivity index (χ1n) is 9.97. The van der Waals surface area contributed by atoms with E-state index in [4.69, 9.17) is 4.98 Å². The summed E-state index contributed by atoms with van der Waals surface area (Å²) in [4.78, 5) is 21.7. The number of pyridine rings is 2. The third-order valence-corrected chi connectivity index (χ3v) is 6.35. The minimum Gasteiger partial charge on any atom is -0.322 e. The number of aromatic nitrogens is 6. The fourth-order valence-electron chi connectivity index (χ4n) is 3.96. The Bertz CT molecular complexity index is 1680. The number of nitrogens with one attached hydrogen (secondary N) is 4. The van der Waals surface area contributed by atoms with Gasteiger partial charge >= 0.3 is 0 Å². The van der Waals surface area contributed by atoms with Crippen molar-refractivity contribution in [2.24, 2.45) is 0 Å². The summed E-state index contributed by atoms with van der Waals surface area (Å²) < 4.78 is 0.769. The number of benzene rings is 2. The predicted molar refractivity (Wildman–Crippen MR) is 135 cm³/mol. The van der Waals surface area contributed by atoms with E-state index in [1.54, 1.807) is 6.20 Å². The fraction of sp³-hybridized carbons (Fsp3) is 0.0435. The van der Waals surface area contributed by atoms with Gasteiger partial charge in [0.2, 0.25) is 0 Å². The molecule has 0 saturated carbocycles. The summed E-state index contributed by atoms with van der Waals surface area (Å²) in [6.45, 7) is 0. The van der Waals surface area contributed by atoms with Gasteiger partial charge in [0.25, 0.3) is 5.56 Å². The Morgan fingerprint density at radius 3 is 2.69 bits per heavy atom. The molecule has 4 heterocycles. The summed E-state index contributed by atoms with van der Waals surface area (Å²) >= 11 is 2.32. The van der Waals surface area contributed by atoms with Crippen LogP contribution in [0.1, 0.15) is 5.56 Å². The van der Waals surface area contributed by atoms with E-state index in [9.17, 15) is 4.79 Å². The van der Waals surface area contributed by atoms with Crippen molar-refractivity contribution in [1.82, 2.24) is 30.4 Å². The first kappa shape index (κ1) is 19.0. The molecule has 6 rings (SSSR count). The van der Waals surface area contributed by atoms with E-state index in [1.165, 1.54) is 0 Å². The van der Waals surface area contributed by atoms with Crippen LogP contribution in [0.15, 0.2) is 65.6 Å². The smallest absolute Gasteiger partial charge is 0.271 e. The number of alkyl halides is 1. The number of rotatable bonds is 4. The highest BCUT2D eigenvalue weighted by atomic mass is 127. The van der Waals surface area contributed by atoms with Crippen molar-refractivity contribution in [2.45, 2.75) is 4.43 Å². The number of anilines is 2. The van der Waals surface area contributed by atoms with Crippen LogP contribution < -0.4 is 10.9 Å². The Labute approximate surface area is 194 Å². The van der Waals surface area contributed by atoms with Crippen molar-refractivity contribution in [1.29, 1.82) is 0 Å². The minimum absolute atomic E-state index is 0.151. The van der Waals surface area contributed by atoms with Gasteiger partial charge in [0.1, 0.15) is 5.82 Å². The van der Waals surface area contributed by atoms with Crippen LogP contribution >= 0.6 is 22.6 Å². The van der Waals surface area contributed by atoms with E-state index < -0.39 is 0 Å². The average molecular weight is 533 g/mol. The van der Waals surface area contributed by atoms with E-state index in [0.717, 1.165) is 48.6 Å². The molecule has 0 aliphatic rings. The molecule has 2 aromatic carbocycles. The van der Waals surface area contributed by atoms with Crippen LogP contribution in [0.4, 0.5) is 11.6 Å². The van der Waals surface area contributed by atoms with Crippen LogP contribution in [-0.2, 0) is 4.43 Å². The lowest BCUT2D eigenvalue weighted by Crippen LogP contribution is -2.01. The monoisotopic (exact) mass is 533 g/mol. The highest BCUT2D eigenvalue weighted by molar-refractivity contribution is 14.1. The molecule has 0 aliphatic heterocycles. The largest absolute Gasteiger partial charge is 0.322 e. The number of H-pyrrole nitrogens is 3. The Hall–Kier alpha value is -3.73. The molecule has 0 amide bonds. The second kappa shape index (κ2) is 7.45. The molecule has 32 heavy (non-hydrogen) atoms. The minimum atomic E-state index is -0.151. The number of fused-ring (bicyclic) bond motifs is 3. The SMILES string of the molecule is O=c1[nH][nH]c2cc(CI)c(-c3cc4ncccc4c(Nc4n[nH]c5ccccc45)n3)cc12. The zero-order valence-corrected chi connectivity index (χ0v) is 18.8. The van der Waals surface area contributed by atoms with Gasteiger partial charge in [-0.3, -0.25) is 25.1 Å². The Morgan fingerprint density at radius 1 is 0.906 bits per heavy atom. The van der Waals surface area contributed by atoms with Crippen LogP contribution in [0, 0.1) is 0 Å². The summed E-state index contributed by atoms with van der Waals surface area (Å²) in [6, 6.07) is 17.6. The molecule has 0 radical (unpaired) electrons. The summed E-state index contributed by atoms with van der Waals surface area (Å²) in [7, 11) is 0. The third kappa shape index (κ3) is 3.04. The topological polar surface area (TPSA) is 115 Å². The standard InChI is InChI=1S/C23H16IN7O/c24-11-12-8-20-16(23(32)31-29-20)9-15(12)19-10-18-14(5-3-7-25-18)21(26-19)27-22-13-4-1-2-6-17(13)28-30-22/h1-10H,11H2,(H2,29,31,32)(H2,26,27,28,30). The van der Waals surface area contributed by atoms with Gasteiger partial charge in [0, 0.05) is 27.0 Å². The highest BCUT2D eigenvalue weighted by Crippen LogP contribution is 2.33. The maximum absolute atomic E-state index is 12.2. The molecule has 4 aromatic heterocycles. The van der Waals surface area contributed by atoms with Crippen LogP contribution in [0.5, 0.6) is 0 Å². The molecule has 8 nitrogen and oxygen atoms in total. The molecule has 0 aliphatic carbocycles. The summed E-state index contributed by atoms with van der Waals surface area (Å²) in [5.74, 6) is 1.35. The normalized spacial score (nSPS) is 11.5. The first-order chi connectivity index (χ1) is 15.7. The van der Waals surface area contributed by atoms with Crippen LogP contribution in [0.3, 0.4) is 0 Å². The van der Waals surface area contributed by atoms with Gasteiger partial charge in [-0.15, -0.1) is 0 Å². The number of nitrogens with zero attached hydrogens (tertiary/aromatic N) is 3. The van der Waals surface area contributed by atoms with Gasteiger partial charge in [-0.2, -0.15) is 5.10 Å². The summed E-state index contributed by atoms with van der Waals surface area (Å²) in [5.41, 5.74) is 5.10. The van der Waals surface area contributed by atoms with E-state index in [0.29, 0.717) is 17.0 Å². The van der Waals surface area contributed by atoms with Gasteiger partial charge in [0.05, 0.1) is 27.6 Å². The van der Waals surface area contributed by atoms with Crippen molar-refractivity contribution in [3.8, 4) is 11.3 Å². The molecule has 0 bridgehead atoms. The summed E-state index contributed by atoms with van der Waals surface area (Å²) in [6.07, 6.45) is 1.76. The number of hydrogen-bond acceptors (Lipinski definition) is 5. The quantitative estimate of drug-likeness (QED) is 0.188. The molecule has 156 valence electrons. The number of hydrogen-bond donors (Lipinski definition) is 4. The van der Waals surface area contributed by atoms with Gasteiger partial charge in [-0.1, -0.05) is 34.7 Å². The maximum Gasteiger partial charge on any atom is 0.271 e. The van der Waals surface area contributed by atoms with Gasteiger partial charge in [-0.05, 0) is 48.0 Å². The molecule has 9 heteroatoms. The number of para-hydroxylation sites is 1. The van der Waals surface area contributed by atoms with Crippen molar-refractivity contribution in [3.05, 3.63) is 76.7 Å². The van der Waals surface area contributed by atoms with E-state index in [-0.39, 0.29) is 5.56 Å². The zero-order valence-electron chi connectivity index (χ0n) is 16.6. The molecule has 0 unspecified atom stereocenters. The Balaban J connectivity index is 1.57. The van der Waals surface area contributed by atoms with Gasteiger partial charge in [0.15, 0.2) is 5.82 Å². The highest BCUT2D eigenvalue weighted by Gasteiger charge is 2.15. The second-order valence-corrected chi connectivity index (χ2v) is 8.20. The van der Waals surface area contributed by atoms with Crippen LogP contribution in [0.2, 0.25) is 0 Å². The molecular weight excluding hydrogens is 517 g/mol. The predicted octanol–water partition coefficient (Wildman–Crippen LogP) is 5.02. The molecule has 0 fully saturated rings. The number of halogens is 1. The zero-order chi connectivity index (χ0) is 21.7. The lowest BCUT2D eigenvalue weighted by atomic mass is 10.0. The number of aromatic amines is 3. The first-order valence-corrected chi connectivity index (χ1v) is 11.5. The molecular formula is C23H16IN7O. The molecule has 0 spiro atoms. The van der Waals surface area contributed by atoms with E-state index in [1.807, 2.05) is 54.6 Å². The average Bonchev–Trinajstić information content (AvgIpc) is 3.41. The maximum atomic E-state index is 12.2. The Morgan fingerprint density at radius 2 is 1.78 bits per heavy atom. The van der Waals surface area contributed by atoms with Gasteiger partial charge in [-0.25, -0.2) is 4.98 Å². The molecule has 4 N–H and O–H groups in total. The van der Waals surface area contributed by atoms with Crippen LogP contribution in [-0.4, -0.2) is 30.4 Å². The Kier molecular flexibility index (Phi) is 4.42. The van der Waals surface area contributed by atoms with Crippen molar-refractivity contribution < 1.29 is 0 Å². The van der Waals surface area contributed by atoms with E-state index in [2.05, 4.69) is 53.3 Å². The van der Waals surface area contributed by atoms with E-state index >= 15 is 0 Å². The third-order valence-electron chi connectivity index (χ3n) is 5.53. The molecule has 0 saturated heterocycles. The van der Waals surface area contributed by atoms with Crippen LogP contribution in [0.25, 0.3) is 44.0 Å². The fourth-order valence-corrected chi connectivity index (χ4v) is 4.59. The molecule has 6 aromatic rings. The van der Waals surface area contributed by atoms with Crippen molar-refractivity contribution in [3.63, 3.8) is 0 Å².